The highest BCUT2D eigenvalue weighted by Crippen LogP contribution is 2.51. The zero-order valence-corrected chi connectivity index (χ0v) is 7.17. The third-order valence-electron chi connectivity index (χ3n) is 0.124. The molecule has 1 rings (SSSR count). The summed E-state index contributed by atoms with van der Waals surface area (Å²) < 4.78 is 18.5. The van der Waals surface area contributed by atoms with Crippen LogP contribution >= 0.6 is 27.5 Å². The lowest BCUT2D eigenvalue weighted by Crippen LogP contribution is -1.66. The van der Waals surface area contributed by atoms with Gasteiger partial charge in [-0.1, -0.05) is 0 Å². The highest BCUT2D eigenvalue weighted by molar-refractivity contribution is 9.54. The van der Waals surface area contributed by atoms with Gasteiger partial charge in [-0.3, -0.25) is 0 Å². The van der Waals surface area contributed by atoms with Gasteiger partial charge in [-0.05, 0) is 0 Å². The van der Waals surface area contributed by atoms with Gasteiger partial charge in [-0.25, -0.2) is 8.77 Å². The van der Waals surface area contributed by atoms with Gasteiger partial charge in [-0.2, -0.15) is 0 Å². The minimum absolute atomic E-state index is 0.528. The van der Waals surface area contributed by atoms with Crippen LogP contribution in [0.5, 0.6) is 0 Å². The van der Waals surface area contributed by atoms with E-state index in [2.05, 4.69) is 0 Å². The van der Waals surface area contributed by atoms with Crippen molar-refractivity contribution in [3.05, 3.63) is 0 Å². The van der Waals surface area contributed by atoms with Crippen LogP contribution in [0.25, 0.3) is 0 Å². The maximum absolute atomic E-state index is 9.59. The molecule has 0 aliphatic carbocycles. The Morgan fingerprint density at radius 1 is 1.22 bits per heavy atom. The van der Waals surface area contributed by atoms with E-state index in [9.17, 15) is 4.21 Å². The molecule has 1 aliphatic heterocycles. The largest absolute Gasteiger partial charge is 0.466 e. The van der Waals surface area contributed by atoms with Crippen molar-refractivity contribution >= 4 is 36.3 Å². The highest BCUT2D eigenvalue weighted by atomic mass is 34.1. The first-order valence-corrected chi connectivity index (χ1v) is 7.35. The van der Waals surface area contributed by atoms with Gasteiger partial charge >= 0.3 is 7.82 Å². The van der Waals surface area contributed by atoms with Crippen LogP contribution < -0.4 is 0 Å². The summed E-state index contributed by atoms with van der Waals surface area (Å²) >= 11 is 0. The Hall–Kier alpha value is 0.960. The Kier molecular flexibility index (Phi) is 4.39. The van der Waals surface area contributed by atoms with Gasteiger partial charge in [-0.15, -0.1) is 0 Å². The van der Waals surface area contributed by atoms with Crippen molar-refractivity contribution < 1.29 is 23.5 Å². The van der Waals surface area contributed by atoms with Crippen molar-refractivity contribution in [3.8, 4) is 0 Å². The second-order valence-corrected chi connectivity index (χ2v) is 8.28. The Bertz CT molecular complexity index is 132. The Balaban J connectivity index is 0.000000144. The number of phosphoric acid groups is 1. The molecule has 0 radical (unpaired) electrons. The van der Waals surface area contributed by atoms with Crippen LogP contribution in [-0.4, -0.2) is 18.9 Å². The van der Waals surface area contributed by atoms with Crippen LogP contribution in [0.4, 0.5) is 0 Å². The fourth-order valence-electron chi connectivity index (χ4n) is 0.0113. The van der Waals surface area contributed by atoms with E-state index in [-0.39, 0.29) is 0 Å². The first-order valence-electron chi connectivity index (χ1n) is 1.45. The average Bonchev–Trinajstić information content (AvgIpc) is 2.13. The van der Waals surface area contributed by atoms with Gasteiger partial charge in [0.1, 0.15) is 0 Å². The molecule has 1 aliphatic rings. The summed E-state index contributed by atoms with van der Waals surface area (Å²) in [6.45, 7) is 0. The molecule has 1 heterocycles. The van der Waals surface area contributed by atoms with E-state index >= 15 is 0 Å². The minimum Gasteiger partial charge on any atom is -0.303 e. The van der Waals surface area contributed by atoms with Crippen LogP contribution in [0.15, 0.2) is 0 Å². The van der Waals surface area contributed by atoms with Crippen molar-refractivity contribution in [3.63, 3.8) is 0 Å². The van der Waals surface area contributed by atoms with Crippen molar-refractivity contribution in [2.24, 2.45) is 0 Å². The lowest BCUT2D eigenvalue weighted by molar-refractivity contribution is 0.275. The van der Waals surface area contributed by atoms with E-state index in [0.29, 0.717) is 0 Å². The molecular formula is H3O5PS3. The van der Waals surface area contributed by atoms with Gasteiger partial charge < -0.3 is 14.7 Å². The molecule has 0 spiro atoms. The van der Waals surface area contributed by atoms with Crippen molar-refractivity contribution in [1.82, 2.24) is 0 Å². The summed E-state index contributed by atoms with van der Waals surface area (Å²) in [7, 11) is -2.34. The molecule has 0 saturated carbocycles. The van der Waals surface area contributed by atoms with Crippen LogP contribution in [0.1, 0.15) is 0 Å². The lowest BCUT2D eigenvalue weighted by Gasteiger charge is -1.82. The average molecular weight is 210 g/mol. The molecule has 0 amide bonds. The summed E-state index contributed by atoms with van der Waals surface area (Å²) in [6, 6.07) is 0. The molecule has 1 fully saturated rings. The molecule has 0 aromatic heterocycles. The normalized spacial score (nSPS) is 18.1. The van der Waals surface area contributed by atoms with Gasteiger partial charge in [0, 0.05) is 19.7 Å². The molecule has 0 aromatic carbocycles. The van der Waals surface area contributed by atoms with Crippen LogP contribution in [0, 0.1) is 0 Å². The topological polar surface area (TPSA) is 94.8 Å². The smallest absolute Gasteiger partial charge is 0.303 e. The monoisotopic (exact) mass is 210 g/mol. The second kappa shape index (κ2) is 3.97. The summed E-state index contributed by atoms with van der Waals surface area (Å²) in [4.78, 5) is 21.6. The summed E-state index contributed by atoms with van der Waals surface area (Å²) in [6.07, 6.45) is 0. The first-order chi connectivity index (χ1) is 3.89. The van der Waals surface area contributed by atoms with E-state index in [0.717, 1.165) is 0 Å². The quantitative estimate of drug-likeness (QED) is 0.295. The predicted molar refractivity (Wildman–Crippen MR) is 37.6 cm³/mol. The first kappa shape index (κ1) is 9.96. The van der Waals surface area contributed by atoms with Crippen molar-refractivity contribution in [2.75, 3.05) is 0 Å². The van der Waals surface area contributed by atoms with Gasteiger partial charge in [0.25, 0.3) is 0 Å². The van der Waals surface area contributed by atoms with E-state index in [1.165, 1.54) is 19.7 Å². The maximum Gasteiger partial charge on any atom is 0.466 e. The SMILES string of the molecule is O=P(O)(O)O.O=S1SS1. The molecule has 0 bridgehead atoms. The molecular weight excluding hydrogens is 207 g/mol. The zero-order valence-electron chi connectivity index (χ0n) is 3.83. The number of rotatable bonds is 0. The van der Waals surface area contributed by atoms with Crippen LogP contribution in [0.3, 0.4) is 0 Å². The van der Waals surface area contributed by atoms with Crippen LogP contribution in [-0.2, 0) is 13.4 Å². The molecule has 1 saturated heterocycles. The lowest BCUT2D eigenvalue weighted by atomic mass is 15.8. The molecule has 5 nitrogen and oxygen atoms in total. The summed E-state index contributed by atoms with van der Waals surface area (Å²) in [5.41, 5.74) is 0. The van der Waals surface area contributed by atoms with E-state index in [4.69, 9.17) is 19.2 Å². The second-order valence-electron chi connectivity index (χ2n) is 0.853. The molecule has 0 atom stereocenters. The van der Waals surface area contributed by atoms with Gasteiger partial charge in [0.15, 0.2) is 8.86 Å². The summed E-state index contributed by atoms with van der Waals surface area (Å²) in [5, 5.41) is 0. The minimum atomic E-state index is -4.64. The third-order valence-corrected chi connectivity index (χ3v) is 3.34. The molecule has 0 unspecified atom stereocenters. The number of hydrogen-bond acceptors (Lipinski definition) is 4. The highest BCUT2D eigenvalue weighted by Gasteiger charge is 2.16. The Morgan fingerprint density at radius 3 is 1.33 bits per heavy atom. The van der Waals surface area contributed by atoms with Crippen molar-refractivity contribution in [1.29, 1.82) is 0 Å². The third kappa shape index (κ3) is 27.7. The van der Waals surface area contributed by atoms with Crippen molar-refractivity contribution in [2.45, 2.75) is 0 Å². The van der Waals surface area contributed by atoms with Gasteiger partial charge in [0.05, 0.1) is 0 Å². The predicted octanol–water partition coefficient (Wildman–Crippen LogP) is 0.0315. The van der Waals surface area contributed by atoms with E-state index < -0.39 is 16.7 Å². The van der Waals surface area contributed by atoms with E-state index in [1.807, 2.05) is 0 Å². The zero-order chi connectivity index (χ0) is 7.49. The fourth-order valence-corrected chi connectivity index (χ4v) is 0.919. The molecule has 9 heteroatoms. The molecule has 9 heavy (non-hydrogen) atoms. The van der Waals surface area contributed by atoms with Gasteiger partial charge in [0.2, 0.25) is 0 Å². The standard InChI is InChI=1S/H3O4P.OS3/c1-5(2,3)4;1-4-2-3-4/h(H3,1,2,3,4);. The van der Waals surface area contributed by atoms with Crippen LogP contribution in [0.2, 0.25) is 0 Å². The number of hydrogen-bond donors (Lipinski definition) is 3. The molecule has 56 valence electrons. The molecule has 3 N–H and O–H groups in total. The van der Waals surface area contributed by atoms with E-state index in [1.54, 1.807) is 0 Å². The Labute approximate surface area is 60.1 Å². The molecule has 0 aromatic rings. The maximum atomic E-state index is 9.59. The summed E-state index contributed by atoms with van der Waals surface area (Å²) in [5.74, 6) is 0. The fraction of sp³-hybridized carbons (Fsp3) is 0. The Morgan fingerprint density at radius 2 is 1.33 bits per heavy atom.